The van der Waals surface area contributed by atoms with Gasteiger partial charge in [-0.15, -0.1) is 0 Å². The van der Waals surface area contributed by atoms with E-state index in [2.05, 4.69) is 18.3 Å². The Morgan fingerprint density at radius 3 is 2.86 bits per heavy atom. The van der Waals surface area contributed by atoms with Gasteiger partial charge in [0.15, 0.2) is 0 Å². The highest BCUT2D eigenvalue weighted by Crippen LogP contribution is 2.24. The van der Waals surface area contributed by atoms with Gasteiger partial charge < -0.3 is 5.32 Å². The molecular weight excluding hydrogens is 285 g/mol. The van der Waals surface area contributed by atoms with Crippen LogP contribution in [0.15, 0.2) is 29.8 Å². The van der Waals surface area contributed by atoms with E-state index in [9.17, 15) is 4.39 Å². The van der Waals surface area contributed by atoms with Crippen LogP contribution in [0.5, 0.6) is 0 Å². The third-order valence-electron chi connectivity index (χ3n) is 4.05. The van der Waals surface area contributed by atoms with Crippen LogP contribution in [0.1, 0.15) is 51.0 Å². The van der Waals surface area contributed by atoms with Crippen molar-refractivity contribution in [3.63, 3.8) is 0 Å². The highest BCUT2D eigenvalue weighted by molar-refractivity contribution is 6.31. The molecule has 0 amide bonds. The minimum atomic E-state index is -0.208. The Bertz CT molecular complexity index is 484. The van der Waals surface area contributed by atoms with Gasteiger partial charge in [-0.2, -0.15) is 0 Å². The minimum Gasteiger partial charge on any atom is -0.313 e. The summed E-state index contributed by atoms with van der Waals surface area (Å²) < 4.78 is 13.4. The third kappa shape index (κ3) is 5.44. The first-order valence-electron chi connectivity index (χ1n) is 8.04. The van der Waals surface area contributed by atoms with E-state index in [0.717, 1.165) is 31.4 Å². The fraction of sp³-hybridized carbons (Fsp3) is 0.556. The molecule has 1 aromatic carbocycles. The molecule has 0 bridgehead atoms. The maximum absolute atomic E-state index is 13.4. The van der Waals surface area contributed by atoms with Gasteiger partial charge in [0.25, 0.3) is 0 Å². The van der Waals surface area contributed by atoms with Crippen LogP contribution in [-0.4, -0.2) is 12.6 Å². The van der Waals surface area contributed by atoms with Crippen molar-refractivity contribution in [2.24, 2.45) is 0 Å². The molecule has 1 atom stereocenters. The number of benzene rings is 1. The molecule has 0 spiro atoms. The van der Waals surface area contributed by atoms with Gasteiger partial charge in [0.05, 0.1) is 0 Å². The molecule has 0 saturated heterocycles. The molecule has 116 valence electrons. The highest BCUT2D eigenvalue weighted by atomic mass is 35.5. The topological polar surface area (TPSA) is 12.0 Å². The molecule has 0 saturated carbocycles. The predicted molar refractivity (Wildman–Crippen MR) is 88.4 cm³/mol. The van der Waals surface area contributed by atoms with Crippen molar-refractivity contribution < 1.29 is 4.39 Å². The van der Waals surface area contributed by atoms with Crippen LogP contribution in [0, 0.1) is 5.82 Å². The second-order valence-electron chi connectivity index (χ2n) is 5.90. The summed E-state index contributed by atoms with van der Waals surface area (Å²) in [4.78, 5) is 0. The minimum absolute atomic E-state index is 0.208. The van der Waals surface area contributed by atoms with Crippen LogP contribution in [0.4, 0.5) is 4.39 Å². The summed E-state index contributed by atoms with van der Waals surface area (Å²) in [6, 6.07) is 4.99. The van der Waals surface area contributed by atoms with Crippen molar-refractivity contribution >= 4 is 11.6 Å². The van der Waals surface area contributed by atoms with Crippen LogP contribution in [-0.2, 0) is 6.42 Å². The SMILES string of the molecule is CCCNC(CC1=CCCCC1)Cc1cc(F)ccc1Cl. The van der Waals surface area contributed by atoms with Gasteiger partial charge in [-0.1, -0.05) is 30.2 Å². The van der Waals surface area contributed by atoms with Crippen molar-refractivity contribution in [2.75, 3.05) is 6.54 Å². The largest absolute Gasteiger partial charge is 0.313 e. The summed E-state index contributed by atoms with van der Waals surface area (Å²) in [5.74, 6) is -0.208. The molecule has 0 radical (unpaired) electrons. The molecule has 1 aliphatic carbocycles. The Hall–Kier alpha value is -0.860. The number of nitrogens with one attached hydrogen (secondary N) is 1. The normalized spacial score (nSPS) is 16.6. The average Bonchev–Trinajstić information content (AvgIpc) is 2.49. The lowest BCUT2D eigenvalue weighted by atomic mass is 9.91. The molecule has 1 nitrogen and oxygen atoms in total. The molecule has 1 N–H and O–H groups in total. The van der Waals surface area contributed by atoms with E-state index in [0.29, 0.717) is 11.1 Å². The summed E-state index contributed by atoms with van der Waals surface area (Å²) >= 11 is 6.21. The second-order valence-corrected chi connectivity index (χ2v) is 6.31. The molecule has 1 unspecified atom stereocenters. The molecule has 0 aromatic heterocycles. The van der Waals surface area contributed by atoms with Gasteiger partial charge in [-0.3, -0.25) is 0 Å². The standard InChI is InChI=1S/C18H25ClFN/c1-2-10-21-17(11-14-6-4-3-5-7-14)13-15-12-16(20)8-9-18(15)19/h6,8-9,12,17,21H,2-5,7,10-11,13H2,1H3. The van der Waals surface area contributed by atoms with E-state index in [1.165, 1.54) is 31.7 Å². The van der Waals surface area contributed by atoms with Gasteiger partial charge in [-0.25, -0.2) is 4.39 Å². The van der Waals surface area contributed by atoms with Crippen molar-refractivity contribution in [1.82, 2.24) is 5.32 Å². The van der Waals surface area contributed by atoms with Crippen molar-refractivity contribution in [3.05, 3.63) is 46.3 Å². The summed E-state index contributed by atoms with van der Waals surface area (Å²) in [6.07, 6.45) is 10.3. The summed E-state index contributed by atoms with van der Waals surface area (Å²) in [7, 11) is 0. The Morgan fingerprint density at radius 1 is 1.29 bits per heavy atom. The maximum Gasteiger partial charge on any atom is 0.123 e. The highest BCUT2D eigenvalue weighted by Gasteiger charge is 2.15. The predicted octanol–water partition coefficient (Wildman–Crippen LogP) is 5.28. The van der Waals surface area contributed by atoms with Crippen LogP contribution in [0.3, 0.4) is 0 Å². The van der Waals surface area contributed by atoms with E-state index < -0.39 is 0 Å². The van der Waals surface area contributed by atoms with E-state index in [4.69, 9.17) is 11.6 Å². The molecule has 1 aliphatic rings. The lowest BCUT2D eigenvalue weighted by Gasteiger charge is -2.22. The number of hydrogen-bond acceptors (Lipinski definition) is 1. The first kappa shape index (κ1) is 16.5. The molecule has 2 rings (SSSR count). The fourth-order valence-electron chi connectivity index (χ4n) is 2.94. The summed E-state index contributed by atoms with van der Waals surface area (Å²) in [6.45, 7) is 3.16. The number of halogens is 2. The van der Waals surface area contributed by atoms with E-state index in [-0.39, 0.29) is 5.82 Å². The third-order valence-corrected chi connectivity index (χ3v) is 4.42. The van der Waals surface area contributed by atoms with Gasteiger partial charge >= 0.3 is 0 Å². The average molecular weight is 310 g/mol. The van der Waals surface area contributed by atoms with Gasteiger partial charge in [0.1, 0.15) is 5.82 Å². The van der Waals surface area contributed by atoms with E-state index >= 15 is 0 Å². The lowest BCUT2D eigenvalue weighted by molar-refractivity contribution is 0.489. The Balaban J connectivity index is 2.04. The van der Waals surface area contributed by atoms with Crippen molar-refractivity contribution in [3.8, 4) is 0 Å². The number of hydrogen-bond donors (Lipinski definition) is 1. The van der Waals surface area contributed by atoms with Crippen LogP contribution in [0.2, 0.25) is 5.02 Å². The van der Waals surface area contributed by atoms with Crippen LogP contribution in [0.25, 0.3) is 0 Å². The molecule has 21 heavy (non-hydrogen) atoms. The first-order chi connectivity index (χ1) is 10.2. The molecular formula is C18H25ClFN. The zero-order valence-corrected chi connectivity index (χ0v) is 13.6. The van der Waals surface area contributed by atoms with E-state index in [1.54, 1.807) is 17.7 Å². The molecule has 0 aliphatic heterocycles. The van der Waals surface area contributed by atoms with E-state index in [1.807, 2.05) is 0 Å². The monoisotopic (exact) mass is 309 g/mol. The number of rotatable bonds is 7. The Labute approximate surface area is 132 Å². The Kier molecular flexibility index (Phi) is 6.72. The number of allylic oxidation sites excluding steroid dienone is 1. The smallest absolute Gasteiger partial charge is 0.123 e. The summed E-state index contributed by atoms with van der Waals surface area (Å²) in [5, 5.41) is 4.25. The zero-order valence-electron chi connectivity index (χ0n) is 12.8. The van der Waals surface area contributed by atoms with Crippen LogP contribution < -0.4 is 5.32 Å². The molecule has 1 aromatic rings. The zero-order chi connectivity index (χ0) is 15.1. The second kappa shape index (κ2) is 8.55. The van der Waals surface area contributed by atoms with Crippen molar-refractivity contribution in [2.45, 2.75) is 57.9 Å². The summed E-state index contributed by atoms with van der Waals surface area (Å²) in [5.41, 5.74) is 2.45. The van der Waals surface area contributed by atoms with Crippen molar-refractivity contribution in [1.29, 1.82) is 0 Å². The van der Waals surface area contributed by atoms with Gasteiger partial charge in [0.2, 0.25) is 0 Å². The molecule has 0 fully saturated rings. The van der Waals surface area contributed by atoms with Gasteiger partial charge in [-0.05, 0) is 75.3 Å². The fourth-order valence-corrected chi connectivity index (χ4v) is 3.13. The Morgan fingerprint density at radius 2 is 2.14 bits per heavy atom. The van der Waals surface area contributed by atoms with Gasteiger partial charge in [0, 0.05) is 11.1 Å². The van der Waals surface area contributed by atoms with Crippen LogP contribution >= 0.6 is 11.6 Å². The molecule has 0 heterocycles. The maximum atomic E-state index is 13.4. The molecule has 3 heteroatoms. The quantitative estimate of drug-likeness (QED) is 0.676. The first-order valence-corrected chi connectivity index (χ1v) is 8.42. The lowest BCUT2D eigenvalue weighted by Crippen LogP contribution is -2.32.